The van der Waals surface area contributed by atoms with Gasteiger partial charge in [0.25, 0.3) is 11.8 Å². The van der Waals surface area contributed by atoms with Gasteiger partial charge in [-0.3, -0.25) is 24.2 Å². The van der Waals surface area contributed by atoms with E-state index in [1.807, 2.05) is 24.3 Å². The summed E-state index contributed by atoms with van der Waals surface area (Å²) in [6.45, 7) is 6.71. The van der Waals surface area contributed by atoms with Gasteiger partial charge in [0, 0.05) is 18.3 Å². The Balaban J connectivity index is 1.36. The number of nitrogens with zero attached hydrogens (tertiary/aromatic N) is 3. The first-order valence-corrected chi connectivity index (χ1v) is 13.6. The number of carbonyl (C=O) groups is 4. The number of hydrogen-bond donors (Lipinski definition) is 1. The molecule has 8 heteroatoms. The first-order chi connectivity index (χ1) is 18.1. The second kappa shape index (κ2) is 9.97. The fraction of sp³-hybridized carbons (Fsp3) is 0.500. The number of carbonyl (C=O) groups excluding carboxylic acids is 4. The van der Waals surface area contributed by atoms with Gasteiger partial charge in [-0.1, -0.05) is 58.2 Å². The van der Waals surface area contributed by atoms with Gasteiger partial charge < -0.3 is 15.1 Å². The SMILES string of the molecule is CC(C)(C)c1ccc(C(=O)NC2(C(=O)N3CCC4C3C(=O)CN4C(=O)c3ccccn3)CCCCC2)cc1. The van der Waals surface area contributed by atoms with Crippen molar-refractivity contribution in [1.29, 1.82) is 0 Å². The van der Waals surface area contributed by atoms with Crippen LogP contribution in [0, 0.1) is 0 Å². The molecular weight excluding hydrogens is 480 g/mol. The van der Waals surface area contributed by atoms with Crippen molar-refractivity contribution in [3.63, 3.8) is 0 Å². The van der Waals surface area contributed by atoms with Gasteiger partial charge in [0.2, 0.25) is 5.91 Å². The Morgan fingerprint density at radius 1 is 0.974 bits per heavy atom. The smallest absolute Gasteiger partial charge is 0.273 e. The molecule has 3 heterocycles. The molecule has 1 aliphatic carbocycles. The third-order valence-corrected chi connectivity index (χ3v) is 8.31. The molecule has 1 aromatic heterocycles. The molecule has 1 aromatic carbocycles. The van der Waals surface area contributed by atoms with Crippen molar-refractivity contribution >= 4 is 23.5 Å². The number of nitrogens with one attached hydrogen (secondary N) is 1. The van der Waals surface area contributed by atoms with E-state index in [-0.39, 0.29) is 41.5 Å². The van der Waals surface area contributed by atoms with Crippen LogP contribution in [-0.2, 0) is 15.0 Å². The Labute approximate surface area is 223 Å². The number of rotatable bonds is 4. The zero-order valence-electron chi connectivity index (χ0n) is 22.4. The lowest BCUT2D eigenvalue weighted by molar-refractivity contribution is -0.143. The predicted octanol–water partition coefficient (Wildman–Crippen LogP) is 3.51. The van der Waals surface area contributed by atoms with Gasteiger partial charge in [0.15, 0.2) is 5.78 Å². The van der Waals surface area contributed by atoms with Crippen LogP contribution in [0.4, 0.5) is 0 Å². The highest BCUT2D eigenvalue weighted by Gasteiger charge is 2.55. The summed E-state index contributed by atoms with van der Waals surface area (Å²) < 4.78 is 0. The summed E-state index contributed by atoms with van der Waals surface area (Å²) in [4.78, 5) is 61.2. The van der Waals surface area contributed by atoms with Gasteiger partial charge in [0.1, 0.15) is 17.3 Å². The maximum atomic E-state index is 14.2. The minimum absolute atomic E-state index is 0.0263. The first-order valence-electron chi connectivity index (χ1n) is 13.6. The number of likely N-dealkylation sites (tertiary alicyclic amines) is 2. The zero-order chi connectivity index (χ0) is 27.1. The van der Waals surface area contributed by atoms with Crippen LogP contribution in [0.15, 0.2) is 48.7 Å². The van der Waals surface area contributed by atoms with Crippen LogP contribution in [-0.4, -0.2) is 69.0 Å². The van der Waals surface area contributed by atoms with E-state index in [0.717, 1.165) is 24.8 Å². The molecule has 8 nitrogen and oxygen atoms in total. The van der Waals surface area contributed by atoms with E-state index in [2.05, 4.69) is 31.1 Å². The monoisotopic (exact) mass is 516 g/mol. The molecule has 1 saturated carbocycles. The number of Topliss-reactive ketones (excluding diaryl/α,β-unsaturated/α-hetero) is 1. The number of amides is 3. The standard InChI is InChI=1S/C30H36N4O4/c1-29(2,3)21-12-10-20(11-13-21)26(36)32-30(15-6-4-7-16-30)28(38)33-18-14-23-25(33)24(35)19-34(23)27(37)22-9-5-8-17-31-22/h5,8-13,17,23,25H,4,6-7,14-16,18-19H2,1-3H3,(H,32,36). The van der Waals surface area contributed by atoms with E-state index in [4.69, 9.17) is 0 Å². The molecule has 2 aliphatic heterocycles. The Morgan fingerprint density at radius 3 is 2.32 bits per heavy atom. The molecule has 2 saturated heterocycles. The number of aromatic nitrogens is 1. The molecule has 0 radical (unpaired) electrons. The van der Waals surface area contributed by atoms with Crippen LogP contribution >= 0.6 is 0 Å². The molecule has 2 aromatic rings. The van der Waals surface area contributed by atoms with E-state index in [9.17, 15) is 19.2 Å². The van der Waals surface area contributed by atoms with Gasteiger partial charge in [-0.2, -0.15) is 0 Å². The quantitative estimate of drug-likeness (QED) is 0.671. The number of hydrogen-bond acceptors (Lipinski definition) is 5. The maximum Gasteiger partial charge on any atom is 0.273 e. The summed E-state index contributed by atoms with van der Waals surface area (Å²) in [6, 6.07) is 11.6. The van der Waals surface area contributed by atoms with Gasteiger partial charge >= 0.3 is 0 Å². The number of pyridine rings is 1. The third-order valence-electron chi connectivity index (χ3n) is 8.31. The molecular formula is C30H36N4O4. The van der Waals surface area contributed by atoms with Crippen molar-refractivity contribution in [3.05, 3.63) is 65.5 Å². The predicted molar refractivity (Wildman–Crippen MR) is 143 cm³/mol. The normalized spacial score (nSPS) is 22.8. The molecule has 5 rings (SSSR count). The van der Waals surface area contributed by atoms with Crippen LogP contribution in [0.3, 0.4) is 0 Å². The molecule has 3 fully saturated rings. The summed E-state index contributed by atoms with van der Waals surface area (Å²) in [5, 5.41) is 3.11. The largest absolute Gasteiger partial charge is 0.338 e. The van der Waals surface area contributed by atoms with E-state index >= 15 is 0 Å². The van der Waals surface area contributed by atoms with Crippen LogP contribution in [0.5, 0.6) is 0 Å². The maximum absolute atomic E-state index is 14.2. The second-order valence-electron chi connectivity index (χ2n) is 11.8. The molecule has 3 amide bonds. The van der Waals surface area contributed by atoms with Crippen molar-refractivity contribution in [2.75, 3.05) is 13.1 Å². The van der Waals surface area contributed by atoms with E-state index in [0.29, 0.717) is 37.1 Å². The minimum atomic E-state index is -1.05. The van der Waals surface area contributed by atoms with Gasteiger partial charge in [-0.25, -0.2) is 0 Å². The molecule has 1 N–H and O–H groups in total. The molecule has 3 aliphatic rings. The van der Waals surface area contributed by atoms with E-state index in [1.165, 1.54) is 0 Å². The summed E-state index contributed by atoms with van der Waals surface area (Å²) >= 11 is 0. The molecule has 200 valence electrons. The van der Waals surface area contributed by atoms with Gasteiger partial charge in [-0.05, 0) is 54.5 Å². The molecule has 2 unspecified atom stereocenters. The van der Waals surface area contributed by atoms with Crippen molar-refractivity contribution < 1.29 is 19.2 Å². The Morgan fingerprint density at radius 2 is 1.68 bits per heavy atom. The number of benzene rings is 1. The molecule has 38 heavy (non-hydrogen) atoms. The lowest BCUT2D eigenvalue weighted by Gasteiger charge is -2.40. The number of ketones is 1. The van der Waals surface area contributed by atoms with Crippen molar-refractivity contribution in [3.8, 4) is 0 Å². The average molecular weight is 517 g/mol. The molecule has 2 atom stereocenters. The topological polar surface area (TPSA) is 99.7 Å². The Hall–Kier alpha value is -3.55. The highest BCUT2D eigenvalue weighted by Crippen LogP contribution is 2.36. The highest BCUT2D eigenvalue weighted by atomic mass is 16.2. The van der Waals surface area contributed by atoms with Gasteiger partial charge in [-0.15, -0.1) is 0 Å². The fourth-order valence-electron chi connectivity index (χ4n) is 6.19. The third kappa shape index (κ3) is 4.72. The van der Waals surface area contributed by atoms with E-state index in [1.54, 1.807) is 34.2 Å². The second-order valence-corrected chi connectivity index (χ2v) is 11.8. The summed E-state index contributed by atoms with van der Waals surface area (Å²) in [6.07, 6.45) is 5.82. The summed E-state index contributed by atoms with van der Waals surface area (Å²) in [5.41, 5.74) is 0.858. The van der Waals surface area contributed by atoms with Gasteiger partial charge in [0.05, 0.1) is 12.6 Å². The first kappa shape index (κ1) is 26.1. The summed E-state index contributed by atoms with van der Waals surface area (Å²) in [7, 11) is 0. The fourth-order valence-corrected chi connectivity index (χ4v) is 6.19. The number of fused-ring (bicyclic) bond motifs is 1. The lowest BCUT2D eigenvalue weighted by Crippen LogP contribution is -2.62. The van der Waals surface area contributed by atoms with Crippen molar-refractivity contribution in [1.82, 2.24) is 20.1 Å². The zero-order valence-corrected chi connectivity index (χ0v) is 22.4. The Bertz CT molecular complexity index is 1230. The molecule has 0 bridgehead atoms. The molecule has 0 spiro atoms. The average Bonchev–Trinajstić information content (AvgIpc) is 3.49. The minimum Gasteiger partial charge on any atom is -0.338 e. The van der Waals surface area contributed by atoms with Crippen LogP contribution in [0.25, 0.3) is 0 Å². The van der Waals surface area contributed by atoms with Crippen LogP contribution < -0.4 is 5.32 Å². The van der Waals surface area contributed by atoms with E-state index < -0.39 is 11.6 Å². The lowest BCUT2D eigenvalue weighted by atomic mass is 9.80. The van der Waals surface area contributed by atoms with Crippen molar-refractivity contribution in [2.45, 2.75) is 82.3 Å². The van der Waals surface area contributed by atoms with Crippen LogP contribution in [0.1, 0.15) is 85.7 Å². The highest BCUT2D eigenvalue weighted by molar-refractivity contribution is 6.04. The Kier molecular flexibility index (Phi) is 6.84. The van der Waals surface area contributed by atoms with Crippen LogP contribution in [0.2, 0.25) is 0 Å². The summed E-state index contributed by atoms with van der Waals surface area (Å²) in [5.74, 6) is -0.911. The van der Waals surface area contributed by atoms with Crippen molar-refractivity contribution in [2.24, 2.45) is 0 Å².